The van der Waals surface area contributed by atoms with Gasteiger partial charge in [-0.05, 0) is 155 Å². The Balaban J connectivity index is 0.941. The Morgan fingerprint density at radius 1 is 0.364 bits per heavy atom. The van der Waals surface area contributed by atoms with E-state index >= 15 is 0 Å². The number of rotatable bonds is 11. The Morgan fingerprint density at radius 3 is 1.48 bits per heavy atom. The van der Waals surface area contributed by atoms with Crippen LogP contribution in [-0.2, 0) is 0 Å². The molecule has 14 rings (SSSR count). The molecule has 1 aliphatic carbocycles. The molecule has 11 aromatic carbocycles. The van der Waals surface area contributed by atoms with E-state index in [0.717, 1.165) is 95.0 Å². The smallest absolute Gasteiger partial charge is 0.123 e. The van der Waals surface area contributed by atoms with E-state index in [-0.39, 0.29) is 17.8 Å². The van der Waals surface area contributed by atoms with Gasteiger partial charge in [0.25, 0.3) is 0 Å². The molecule has 5 heteroatoms. The van der Waals surface area contributed by atoms with Crippen LogP contribution in [0.15, 0.2) is 297 Å². The van der Waals surface area contributed by atoms with Crippen LogP contribution in [0, 0.1) is 5.82 Å². The molecule has 1 aliphatic heterocycles. The lowest BCUT2D eigenvalue weighted by Gasteiger charge is -2.29. The fourth-order valence-electron chi connectivity index (χ4n) is 11.9. The first kappa shape index (κ1) is 45.6. The third kappa shape index (κ3) is 8.08. The molecule has 0 radical (unpaired) electrons. The van der Waals surface area contributed by atoms with Crippen LogP contribution < -0.4 is 14.7 Å². The van der Waals surface area contributed by atoms with Gasteiger partial charge in [-0.25, -0.2) is 4.39 Å². The zero-order valence-corrected chi connectivity index (χ0v) is 42.1. The van der Waals surface area contributed by atoms with E-state index in [4.69, 9.17) is 0 Å². The number of fused-ring (bicyclic) bond motifs is 6. The topological polar surface area (TPSA) is 14.7 Å². The molecule has 1 aromatic heterocycles. The molecule has 0 saturated heterocycles. The normalized spacial score (nSPS) is 14.4. The number of anilines is 8. The minimum Gasteiger partial charge on any atom is -0.333 e. The van der Waals surface area contributed by atoms with Crippen LogP contribution in [0.1, 0.15) is 11.5 Å². The minimum atomic E-state index is -0.267. The molecule has 2 aliphatic rings. The summed E-state index contributed by atoms with van der Waals surface area (Å²) in [5.41, 5.74) is 18.7. The van der Waals surface area contributed by atoms with Crippen LogP contribution in [0.25, 0.3) is 60.9 Å². The summed E-state index contributed by atoms with van der Waals surface area (Å²) >= 11 is 0. The molecular weight excluding hydrogens is 940 g/mol. The van der Waals surface area contributed by atoms with Crippen molar-refractivity contribution in [1.82, 2.24) is 4.57 Å². The molecule has 0 saturated carbocycles. The second kappa shape index (κ2) is 19.4. The van der Waals surface area contributed by atoms with E-state index in [2.05, 4.69) is 292 Å². The lowest BCUT2D eigenvalue weighted by Crippen LogP contribution is -2.28. The van der Waals surface area contributed by atoms with Crippen molar-refractivity contribution < 1.29 is 4.39 Å². The average molecular weight is 991 g/mol. The fraction of sp³-hybridized carbons (Fsp3) is 0.0278. The van der Waals surface area contributed by atoms with Crippen LogP contribution in [-0.4, -0.2) is 10.6 Å². The Hall–Kier alpha value is -9.97. The third-order valence-corrected chi connectivity index (χ3v) is 15.3. The quantitative estimate of drug-likeness (QED) is 0.128. The van der Waals surface area contributed by atoms with Gasteiger partial charge in [-0.3, -0.25) is 0 Å². The highest BCUT2D eigenvalue weighted by Gasteiger charge is 2.38. The molecule has 2 heterocycles. The first-order chi connectivity index (χ1) is 38.1. The van der Waals surface area contributed by atoms with Crippen molar-refractivity contribution in [3.05, 3.63) is 309 Å². The Morgan fingerprint density at radius 2 is 0.857 bits per heavy atom. The summed E-state index contributed by atoms with van der Waals surface area (Å²) in [6, 6.07) is 96.4. The summed E-state index contributed by atoms with van der Waals surface area (Å²) in [4.78, 5) is 7.19. The van der Waals surface area contributed by atoms with E-state index in [0.29, 0.717) is 0 Å². The van der Waals surface area contributed by atoms with Crippen molar-refractivity contribution in [3.63, 3.8) is 0 Å². The Labute approximate surface area is 448 Å². The Kier molecular flexibility index (Phi) is 11.5. The van der Waals surface area contributed by atoms with Gasteiger partial charge < -0.3 is 19.3 Å². The van der Waals surface area contributed by atoms with E-state index in [1.165, 1.54) is 16.9 Å². The number of para-hydroxylation sites is 3. The van der Waals surface area contributed by atoms with Gasteiger partial charge in [0.05, 0.1) is 17.3 Å². The summed E-state index contributed by atoms with van der Waals surface area (Å²) < 4.78 is 17.0. The van der Waals surface area contributed by atoms with Gasteiger partial charge in [-0.2, -0.15) is 0 Å². The van der Waals surface area contributed by atoms with Crippen LogP contribution in [0.2, 0.25) is 0 Å². The maximum absolute atomic E-state index is 14.7. The van der Waals surface area contributed by atoms with E-state index in [1.807, 2.05) is 12.1 Å². The molecule has 0 N–H and O–H groups in total. The molecule has 0 spiro atoms. The highest BCUT2D eigenvalue weighted by atomic mass is 19.1. The van der Waals surface area contributed by atoms with Crippen molar-refractivity contribution in [3.8, 4) is 39.2 Å². The zero-order valence-electron chi connectivity index (χ0n) is 42.1. The first-order valence-electron chi connectivity index (χ1n) is 26.4. The molecule has 2 unspecified atom stereocenters. The van der Waals surface area contributed by atoms with E-state index in [9.17, 15) is 4.39 Å². The predicted octanol–water partition coefficient (Wildman–Crippen LogP) is 19.6. The maximum Gasteiger partial charge on any atom is 0.123 e. The van der Waals surface area contributed by atoms with Crippen molar-refractivity contribution in [2.45, 2.75) is 12.0 Å². The van der Waals surface area contributed by atoms with Crippen molar-refractivity contribution >= 4 is 67.2 Å². The summed E-state index contributed by atoms with van der Waals surface area (Å²) in [5, 5.41) is 3.36. The first-order valence-corrected chi connectivity index (χ1v) is 26.4. The minimum absolute atomic E-state index is 0.174. The lowest BCUT2D eigenvalue weighted by molar-refractivity contribution is 0.627. The molecule has 366 valence electrons. The van der Waals surface area contributed by atoms with E-state index in [1.54, 1.807) is 12.1 Å². The van der Waals surface area contributed by atoms with Crippen LogP contribution in [0.5, 0.6) is 0 Å². The largest absolute Gasteiger partial charge is 0.333 e. The maximum atomic E-state index is 14.7. The Bertz CT molecular complexity index is 4100. The summed E-state index contributed by atoms with van der Waals surface area (Å²) in [6.07, 6.45) is 9.06. The number of nitrogens with zero attached hydrogens (tertiary/aromatic N) is 4. The SMILES string of the molecule is Fc1ccc(-n2c(-c3ccccc3)c(-c3ccccc3)c3cc(-c4ccc(N(c5ccc(N(c6ccccc6)c6ccccc6)cc5)c5ccc6c(c5)C5C=CC=CC5N6c5ccccc5)cc4)c4ccccc4c32)cc1. The van der Waals surface area contributed by atoms with E-state index < -0.39 is 0 Å². The molecule has 0 fully saturated rings. The molecule has 77 heavy (non-hydrogen) atoms. The second-order valence-corrected chi connectivity index (χ2v) is 19.8. The summed E-state index contributed by atoms with van der Waals surface area (Å²) in [7, 11) is 0. The number of hydrogen-bond acceptors (Lipinski definition) is 3. The van der Waals surface area contributed by atoms with Crippen LogP contribution in [0.4, 0.5) is 49.9 Å². The van der Waals surface area contributed by atoms with Crippen LogP contribution >= 0.6 is 0 Å². The molecule has 2 atom stereocenters. The monoisotopic (exact) mass is 990 g/mol. The predicted molar refractivity (Wildman–Crippen MR) is 320 cm³/mol. The van der Waals surface area contributed by atoms with Gasteiger partial charge >= 0.3 is 0 Å². The third-order valence-electron chi connectivity index (χ3n) is 15.3. The van der Waals surface area contributed by atoms with Gasteiger partial charge in [0.1, 0.15) is 5.82 Å². The van der Waals surface area contributed by atoms with Gasteiger partial charge in [-0.15, -0.1) is 0 Å². The molecule has 0 amide bonds. The second-order valence-electron chi connectivity index (χ2n) is 19.8. The van der Waals surface area contributed by atoms with Gasteiger partial charge in [0, 0.05) is 73.4 Å². The lowest BCUT2D eigenvalue weighted by atomic mass is 9.91. The number of allylic oxidation sites excluding steroid dienone is 2. The van der Waals surface area contributed by atoms with Crippen LogP contribution in [0.3, 0.4) is 0 Å². The van der Waals surface area contributed by atoms with Crippen molar-refractivity contribution in [1.29, 1.82) is 0 Å². The number of aromatic nitrogens is 1. The molecule has 12 aromatic rings. The highest BCUT2D eigenvalue weighted by molar-refractivity contribution is 6.20. The standard InChI is InChI=1S/C72H51FN4/c73-53-36-40-60(41-37-53)77-71(52-22-8-2-9-23-52)70(51-20-6-1-7-21-51)67-49-65(62-30-16-17-32-64(62)72(67)77)50-34-38-57(39-35-50)75(59-44-42-58(43-45-59)74(54-24-10-3-11-25-54)55-26-12-4-13-27-55)61-46-47-69-66(48-61)63-31-18-19-33-68(63)76(69)56-28-14-5-15-29-56/h1-49,63,68H. The van der Waals surface area contributed by atoms with Gasteiger partial charge in [-0.1, -0.05) is 176 Å². The van der Waals surface area contributed by atoms with Crippen molar-refractivity contribution in [2.75, 3.05) is 14.7 Å². The highest BCUT2D eigenvalue weighted by Crippen LogP contribution is 2.52. The van der Waals surface area contributed by atoms with Gasteiger partial charge in [0.15, 0.2) is 0 Å². The molecular formula is C72H51FN4. The molecule has 4 nitrogen and oxygen atoms in total. The number of hydrogen-bond donors (Lipinski definition) is 0. The average Bonchev–Trinajstić information content (AvgIpc) is 4.22. The molecule has 0 bridgehead atoms. The number of benzene rings is 11. The zero-order chi connectivity index (χ0) is 51.2. The number of halogens is 1. The van der Waals surface area contributed by atoms with Gasteiger partial charge in [0.2, 0.25) is 0 Å². The summed E-state index contributed by atoms with van der Waals surface area (Å²) in [5.74, 6) is -0.0756. The summed E-state index contributed by atoms with van der Waals surface area (Å²) in [6.45, 7) is 0. The fourth-order valence-corrected chi connectivity index (χ4v) is 11.9. The van der Waals surface area contributed by atoms with Crippen molar-refractivity contribution in [2.24, 2.45) is 0 Å².